The normalized spacial score (nSPS) is 11.0. The largest absolute Gasteiger partial charge is 0.459 e. The fourth-order valence-corrected chi connectivity index (χ4v) is 2.51. The molecule has 3 aromatic rings. The van der Waals surface area contributed by atoms with E-state index in [1.165, 1.54) is 30.5 Å². The molecule has 0 saturated carbocycles. The number of carbonyl (C=O) groups excluding carboxylic acids is 2. The van der Waals surface area contributed by atoms with E-state index >= 15 is 0 Å². The zero-order valence-corrected chi connectivity index (χ0v) is 15.3. The Morgan fingerprint density at radius 3 is 2.55 bits per heavy atom. The van der Waals surface area contributed by atoms with Crippen LogP contribution in [0.25, 0.3) is 0 Å². The summed E-state index contributed by atoms with van der Waals surface area (Å²) in [6.07, 6.45) is 1.40. The molecule has 9 heteroatoms. The van der Waals surface area contributed by atoms with Gasteiger partial charge < -0.3 is 9.73 Å². The van der Waals surface area contributed by atoms with E-state index < -0.39 is 16.7 Å². The summed E-state index contributed by atoms with van der Waals surface area (Å²) in [5, 5.41) is 17.8. The lowest BCUT2D eigenvalue weighted by molar-refractivity contribution is -0.385. The highest BCUT2D eigenvalue weighted by Crippen LogP contribution is 2.17. The average Bonchev–Trinajstić information content (AvgIpc) is 3.27. The van der Waals surface area contributed by atoms with Crippen molar-refractivity contribution in [1.82, 2.24) is 5.43 Å². The number of carbonyl (C=O) groups is 2. The predicted molar refractivity (Wildman–Crippen MR) is 106 cm³/mol. The van der Waals surface area contributed by atoms with Gasteiger partial charge in [0, 0.05) is 11.8 Å². The van der Waals surface area contributed by atoms with Gasteiger partial charge in [-0.15, -0.1) is 0 Å². The maximum Gasteiger partial charge on any atom is 0.291 e. The second kappa shape index (κ2) is 8.61. The molecule has 0 radical (unpaired) electrons. The standard InChI is InChI=1S/C20H16N4O5/c1-13(22-23-19(25)16-8-2-3-9-17(16)24(27)28)14-6-4-7-15(12-14)21-20(26)18-10-5-11-29-18/h2-12H,1H3,(H,21,26)(H,23,25)/b22-13+. The predicted octanol–water partition coefficient (Wildman–Crippen LogP) is 3.59. The van der Waals surface area contributed by atoms with Crippen LogP contribution in [0.4, 0.5) is 11.4 Å². The number of nitro groups is 1. The summed E-state index contributed by atoms with van der Waals surface area (Å²) in [6.45, 7) is 1.66. The number of anilines is 1. The molecule has 29 heavy (non-hydrogen) atoms. The van der Waals surface area contributed by atoms with Gasteiger partial charge in [-0.05, 0) is 42.8 Å². The molecule has 3 rings (SSSR count). The lowest BCUT2D eigenvalue weighted by atomic mass is 10.1. The molecular weight excluding hydrogens is 376 g/mol. The van der Waals surface area contributed by atoms with Gasteiger partial charge in [0.1, 0.15) is 5.56 Å². The van der Waals surface area contributed by atoms with Gasteiger partial charge in [-0.3, -0.25) is 19.7 Å². The molecule has 0 aliphatic heterocycles. The minimum Gasteiger partial charge on any atom is -0.459 e. The number of amides is 2. The van der Waals surface area contributed by atoms with Crippen molar-refractivity contribution >= 4 is 28.9 Å². The highest BCUT2D eigenvalue weighted by Gasteiger charge is 2.18. The van der Waals surface area contributed by atoms with Crippen LogP contribution in [0.5, 0.6) is 0 Å². The molecular formula is C20H16N4O5. The topological polar surface area (TPSA) is 127 Å². The lowest BCUT2D eigenvalue weighted by Gasteiger charge is -2.07. The van der Waals surface area contributed by atoms with Gasteiger partial charge in [0.2, 0.25) is 0 Å². The van der Waals surface area contributed by atoms with Crippen molar-refractivity contribution in [3.8, 4) is 0 Å². The number of nitrogens with zero attached hydrogens (tertiary/aromatic N) is 2. The molecule has 9 nitrogen and oxygen atoms in total. The molecule has 0 aliphatic carbocycles. The lowest BCUT2D eigenvalue weighted by Crippen LogP contribution is -2.20. The number of nitrogens with one attached hydrogen (secondary N) is 2. The molecule has 1 aromatic heterocycles. The molecule has 0 atom stereocenters. The van der Waals surface area contributed by atoms with E-state index in [-0.39, 0.29) is 17.0 Å². The Labute approximate surface area is 165 Å². The number of hydrogen-bond acceptors (Lipinski definition) is 6. The number of furan rings is 1. The maximum absolute atomic E-state index is 12.3. The van der Waals surface area contributed by atoms with E-state index in [2.05, 4.69) is 15.8 Å². The quantitative estimate of drug-likeness (QED) is 0.376. The van der Waals surface area contributed by atoms with Gasteiger partial charge in [-0.25, -0.2) is 5.43 Å². The number of nitro benzene ring substituents is 1. The molecule has 0 spiro atoms. The number of rotatable bonds is 6. The third-order valence-electron chi connectivity index (χ3n) is 3.95. The second-order valence-electron chi connectivity index (χ2n) is 5.92. The van der Waals surface area contributed by atoms with Gasteiger partial charge in [0.05, 0.1) is 16.9 Å². The number of para-hydroxylation sites is 1. The van der Waals surface area contributed by atoms with Crippen molar-refractivity contribution in [2.75, 3.05) is 5.32 Å². The third-order valence-corrected chi connectivity index (χ3v) is 3.95. The molecule has 146 valence electrons. The molecule has 0 unspecified atom stereocenters. The Bertz CT molecular complexity index is 1090. The van der Waals surface area contributed by atoms with Gasteiger partial charge >= 0.3 is 0 Å². The van der Waals surface area contributed by atoms with E-state index in [4.69, 9.17) is 4.42 Å². The highest BCUT2D eigenvalue weighted by molar-refractivity contribution is 6.05. The average molecular weight is 392 g/mol. The maximum atomic E-state index is 12.3. The Balaban J connectivity index is 1.72. The summed E-state index contributed by atoms with van der Waals surface area (Å²) < 4.78 is 5.05. The zero-order chi connectivity index (χ0) is 20.8. The zero-order valence-electron chi connectivity index (χ0n) is 15.3. The summed E-state index contributed by atoms with van der Waals surface area (Å²) >= 11 is 0. The number of hydrazone groups is 1. The first-order valence-electron chi connectivity index (χ1n) is 8.49. The van der Waals surface area contributed by atoms with Crippen LogP contribution < -0.4 is 10.7 Å². The molecule has 0 bridgehead atoms. The fraction of sp³-hybridized carbons (Fsp3) is 0.0500. The first-order valence-corrected chi connectivity index (χ1v) is 8.49. The van der Waals surface area contributed by atoms with E-state index in [0.29, 0.717) is 17.0 Å². The van der Waals surface area contributed by atoms with E-state index in [1.54, 1.807) is 43.3 Å². The fourth-order valence-electron chi connectivity index (χ4n) is 2.51. The van der Waals surface area contributed by atoms with Crippen molar-refractivity contribution < 1.29 is 18.9 Å². The van der Waals surface area contributed by atoms with Crippen LogP contribution in [0, 0.1) is 10.1 Å². The molecule has 0 fully saturated rings. The van der Waals surface area contributed by atoms with Gasteiger partial charge in [0.25, 0.3) is 17.5 Å². The summed E-state index contributed by atoms with van der Waals surface area (Å²) in [5.74, 6) is -0.914. The van der Waals surface area contributed by atoms with Crippen LogP contribution >= 0.6 is 0 Å². The van der Waals surface area contributed by atoms with Crippen LogP contribution in [-0.2, 0) is 0 Å². The van der Waals surface area contributed by atoms with Crippen LogP contribution in [0.15, 0.2) is 76.4 Å². The van der Waals surface area contributed by atoms with Crippen molar-refractivity contribution in [1.29, 1.82) is 0 Å². The Morgan fingerprint density at radius 1 is 1.03 bits per heavy atom. The van der Waals surface area contributed by atoms with Crippen LogP contribution in [0.3, 0.4) is 0 Å². The van der Waals surface area contributed by atoms with Crippen LogP contribution in [-0.4, -0.2) is 22.4 Å². The number of hydrogen-bond donors (Lipinski definition) is 2. The Kier molecular flexibility index (Phi) is 5.79. The first kappa shape index (κ1) is 19.5. The minimum absolute atomic E-state index is 0.0893. The third kappa shape index (κ3) is 4.72. The second-order valence-corrected chi connectivity index (χ2v) is 5.92. The minimum atomic E-state index is -0.695. The van der Waals surface area contributed by atoms with Crippen LogP contribution in [0.1, 0.15) is 33.4 Å². The first-order chi connectivity index (χ1) is 14.0. The Morgan fingerprint density at radius 2 is 1.83 bits per heavy atom. The molecule has 2 N–H and O–H groups in total. The molecule has 0 aliphatic rings. The molecule has 0 saturated heterocycles. The highest BCUT2D eigenvalue weighted by atomic mass is 16.6. The van der Waals surface area contributed by atoms with Crippen molar-refractivity contribution in [2.45, 2.75) is 6.92 Å². The number of benzene rings is 2. The van der Waals surface area contributed by atoms with Crippen molar-refractivity contribution in [3.05, 3.63) is 93.9 Å². The van der Waals surface area contributed by atoms with E-state index in [0.717, 1.165) is 0 Å². The van der Waals surface area contributed by atoms with E-state index in [9.17, 15) is 19.7 Å². The van der Waals surface area contributed by atoms with Crippen molar-refractivity contribution in [2.24, 2.45) is 5.10 Å². The summed E-state index contributed by atoms with van der Waals surface area (Å²) in [7, 11) is 0. The van der Waals surface area contributed by atoms with Crippen LogP contribution in [0.2, 0.25) is 0 Å². The molecule has 2 amide bonds. The summed E-state index contributed by atoms with van der Waals surface area (Å²) in [4.78, 5) is 34.7. The van der Waals surface area contributed by atoms with Crippen molar-refractivity contribution in [3.63, 3.8) is 0 Å². The summed E-state index contributed by atoms with van der Waals surface area (Å²) in [5.41, 5.74) is 3.53. The van der Waals surface area contributed by atoms with Gasteiger partial charge in [0.15, 0.2) is 5.76 Å². The monoisotopic (exact) mass is 392 g/mol. The Hall–Kier alpha value is -4.27. The smallest absolute Gasteiger partial charge is 0.291 e. The molecule has 1 heterocycles. The van der Waals surface area contributed by atoms with E-state index in [1.807, 2.05) is 0 Å². The SMILES string of the molecule is C/C(=N\NC(=O)c1ccccc1[N+](=O)[O-])c1cccc(NC(=O)c2ccco2)c1. The molecule has 2 aromatic carbocycles. The van der Waals surface area contributed by atoms with Gasteiger partial charge in [-0.1, -0.05) is 24.3 Å². The van der Waals surface area contributed by atoms with Gasteiger partial charge in [-0.2, -0.15) is 5.10 Å². The summed E-state index contributed by atoms with van der Waals surface area (Å²) in [6, 6.07) is 15.6.